The summed E-state index contributed by atoms with van der Waals surface area (Å²) >= 11 is 3.34. The fraction of sp³-hybridized carbons (Fsp3) is 0.385. The summed E-state index contributed by atoms with van der Waals surface area (Å²) in [7, 11) is 0. The third kappa shape index (κ3) is 5.00. The molecule has 6 heteroatoms. The molecule has 1 aromatic carbocycles. The first-order valence-corrected chi connectivity index (χ1v) is 6.77. The Balaban J connectivity index is 2.52. The van der Waals surface area contributed by atoms with E-state index in [4.69, 9.17) is 5.73 Å². The number of carbonyl (C=O) groups excluding carboxylic acids is 2. The molecule has 0 aliphatic rings. The highest BCUT2D eigenvalue weighted by Gasteiger charge is 2.12. The molecule has 1 aromatic rings. The number of halogens is 1. The van der Waals surface area contributed by atoms with Crippen LogP contribution >= 0.6 is 15.9 Å². The second-order valence-corrected chi connectivity index (χ2v) is 5.28. The fourth-order valence-electron chi connectivity index (χ4n) is 1.37. The van der Waals surface area contributed by atoms with Crippen LogP contribution in [0.15, 0.2) is 22.7 Å². The molecule has 0 spiro atoms. The van der Waals surface area contributed by atoms with Gasteiger partial charge in [0.2, 0.25) is 11.8 Å². The van der Waals surface area contributed by atoms with Crippen molar-refractivity contribution in [2.75, 3.05) is 18.4 Å². The lowest BCUT2D eigenvalue weighted by Crippen LogP contribution is -2.38. The van der Waals surface area contributed by atoms with E-state index in [1.54, 1.807) is 6.92 Å². The van der Waals surface area contributed by atoms with Crippen LogP contribution in [0.4, 0.5) is 5.69 Å². The topological polar surface area (TPSA) is 84.2 Å². The number of nitrogens with two attached hydrogens (primary N) is 1. The average Bonchev–Trinajstić information content (AvgIpc) is 2.39. The van der Waals surface area contributed by atoms with Crippen molar-refractivity contribution in [3.63, 3.8) is 0 Å². The number of aryl methyl sites for hydroxylation is 1. The van der Waals surface area contributed by atoms with Crippen LogP contribution in [0.1, 0.15) is 12.5 Å². The molecule has 0 saturated carbocycles. The lowest BCUT2D eigenvalue weighted by molar-refractivity contribution is -0.126. The van der Waals surface area contributed by atoms with Gasteiger partial charge in [-0.15, -0.1) is 0 Å². The second-order valence-electron chi connectivity index (χ2n) is 4.36. The van der Waals surface area contributed by atoms with E-state index in [2.05, 4.69) is 26.6 Å². The molecule has 0 fully saturated rings. The van der Waals surface area contributed by atoms with Gasteiger partial charge in [-0.2, -0.15) is 0 Å². The van der Waals surface area contributed by atoms with Gasteiger partial charge < -0.3 is 16.4 Å². The summed E-state index contributed by atoms with van der Waals surface area (Å²) in [5, 5.41) is 5.29. The van der Waals surface area contributed by atoms with Crippen LogP contribution < -0.4 is 16.4 Å². The summed E-state index contributed by atoms with van der Waals surface area (Å²) in [6.45, 7) is 3.82. The van der Waals surface area contributed by atoms with Gasteiger partial charge in [0.25, 0.3) is 0 Å². The van der Waals surface area contributed by atoms with Crippen molar-refractivity contribution in [3.8, 4) is 0 Å². The maximum absolute atomic E-state index is 11.7. The molecule has 0 heterocycles. The molecule has 4 N–H and O–H groups in total. The standard InChI is InChI=1S/C13H18BrN3O2/c1-8-3-4-10(14)5-11(8)17-12(18)7-16-13(19)9(2)6-15/h3-5,9H,6-7,15H2,1-2H3,(H,16,19)(H,17,18). The van der Waals surface area contributed by atoms with Crippen LogP contribution in [0.25, 0.3) is 0 Å². The molecule has 0 radical (unpaired) electrons. The highest BCUT2D eigenvalue weighted by atomic mass is 79.9. The second kappa shape index (κ2) is 7.25. The maximum atomic E-state index is 11.7. The number of amides is 2. The monoisotopic (exact) mass is 327 g/mol. The van der Waals surface area contributed by atoms with Gasteiger partial charge in [-0.25, -0.2) is 0 Å². The smallest absolute Gasteiger partial charge is 0.243 e. The summed E-state index contributed by atoms with van der Waals surface area (Å²) in [5.41, 5.74) is 7.05. The Bertz CT molecular complexity index is 477. The zero-order valence-corrected chi connectivity index (χ0v) is 12.6. The van der Waals surface area contributed by atoms with Crippen molar-refractivity contribution in [1.29, 1.82) is 0 Å². The molecule has 0 aromatic heterocycles. The Hall–Kier alpha value is -1.40. The van der Waals surface area contributed by atoms with E-state index in [0.717, 1.165) is 15.7 Å². The molecule has 1 rings (SSSR count). The highest BCUT2D eigenvalue weighted by Crippen LogP contribution is 2.20. The third-order valence-corrected chi connectivity index (χ3v) is 3.19. The largest absolute Gasteiger partial charge is 0.347 e. The number of anilines is 1. The lowest BCUT2D eigenvalue weighted by atomic mass is 10.2. The maximum Gasteiger partial charge on any atom is 0.243 e. The van der Waals surface area contributed by atoms with Gasteiger partial charge in [0.1, 0.15) is 0 Å². The van der Waals surface area contributed by atoms with Crippen LogP contribution in [0, 0.1) is 12.8 Å². The molecule has 0 aliphatic carbocycles. The summed E-state index contributed by atoms with van der Waals surface area (Å²) in [5.74, 6) is -0.775. The van der Waals surface area contributed by atoms with Gasteiger partial charge in [0.05, 0.1) is 6.54 Å². The molecule has 1 atom stereocenters. The van der Waals surface area contributed by atoms with E-state index in [-0.39, 0.29) is 30.8 Å². The fourth-order valence-corrected chi connectivity index (χ4v) is 1.73. The Morgan fingerprint density at radius 2 is 2.11 bits per heavy atom. The predicted molar refractivity (Wildman–Crippen MR) is 78.7 cm³/mol. The number of benzene rings is 1. The van der Waals surface area contributed by atoms with Crippen molar-refractivity contribution in [2.45, 2.75) is 13.8 Å². The van der Waals surface area contributed by atoms with Gasteiger partial charge in [-0.1, -0.05) is 28.9 Å². The molecule has 2 amide bonds. The third-order valence-electron chi connectivity index (χ3n) is 2.70. The number of carbonyl (C=O) groups is 2. The first-order valence-electron chi connectivity index (χ1n) is 5.97. The molecule has 19 heavy (non-hydrogen) atoms. The van der Waals surface area contributed by atoms with Crippen LogP contribution in [-0.2, 0) is 9.59 Å². The van der Waals surface area contributed by atoms with Crippen LogP contribution in [0.2, 0.25) is 0 Å². The van der Waals surface area contributed by atoms with E-state index in [9.17, 15) is 9.59 Å². The molecule has 104 valence electrons. The van der Waals surface area contributed by atoms with Gasteiger partial charge >= 0.3 is 0 Å². The summed E-state index contributed by atoms with van der Waals surface area (Å²) < 4.78 is 0.884. The summed E-state index contributed by atoms with van der Waals surface area (Å²) in [4.78, 5) is 23.2. The van der Waals surface area contributed by atoms with Gasteiger partial charge in [-0.05, 0) is 24.6 Å². The SMILES string of the molecule is Cc1ccc(Br)cc1NC(=O)CNC(=O)C(C)CN. The molecule has 0 bridgehead atoms. The van der Waals surface area contributed by atoms with Crippen LogP contribution in [-0.4, -0.2) is 24.9 Å². The zero-order chi connectivity index (χ0) is 14.4. The Kier molecular flexibility index (Phi) is 5.98. The van der Waals surface area contributed by atoms with Crippen molar-refractivity contribution in [2.24, 2.45) is 11.7 Å². The van der Waals surface area contributed by atoms with E-state index in [0.29, 0.717) is 0 Å². The number of nitrogens with one attached hydrogen (secondary N) is 2. The van der Waals surface area contributed by atoms with Crippen LogP contribution in [0.3, 0.4) is 0 Å². The first-order chi connectivity index (χ1) is 8.93. The summed E-state index contributed by atoms with van der Waals surface area (Å²) in [6, 6.07) is 5.61. The number of hydrogen-bond acceptors (Lipinski definition) is 3. The molecular formula is C13H18BrN3O2. The van der Waals surface area contributed by atoms with E-state index in [1.165, 1.54) is 0 Å². The minimum absolute atomic E-state index is 0.0604. The predicted octanol–water partition coefficient (Wildman–Crippen LogP) is 1.41. The van der Waals surface area contributed by atoms with E-state index >= 15 is 0 Å². The normalized spacial score (nSPS) is 11.8. The highest BCUT2D eigenvalue weighted by molar-refractivity contribution is 9.10. The minimum Gasteiger partial charge on any atom is -0.347 e. The molecule has 0 saturated heterocycles. The minimum atomic E-state index is -0.291. The molecule has 0 aliphatic heterocycles. The lowest BCUT2D eigenvalue weighted by Gasteiger charge is -2.11. The van der Waals surface area contributed by atoms with Gasteiger partial charge in [0, 0.05) is 22.6 Å². The van der Waals surface area contributed by atoms with Crippen molar-refractivity contribution in [3.05, 3.63) is 28.2 Å². The van der Waals surface area contributed by atoms with Crippen molar-refractivity contribution in [1.82, 2.24) is 5.32 Å². The first kappa shape index (κ1) is 15.7. The Labute approximate surface area is 121 Å². The Morgan fingerprint density at radius 1 is 1.42 bits per heavy atom. The molecule has 1 unspecified atom stereocenters. The van der Waals surface area contributed by atoms with Gasteiger partial charge in [-0.3, -0.25) is 9.59 Å². The average molecular weight is 328 g/mol. The van der Waals surface area contributed by atoms with Crippen molar-refractivity contribution >= 4 is 33.4 Å². The van der Waals surface area contributed by atoms with Crippen LogP contribution in [0.5, 0.6) is 0 Å². The van der Waals surface area contributed by atoms with Crippen molar-refractivity contribution < 1.29 is 9.59 Å². The van der Waals surface area contributed by atoms with Gasteiger partial charge in [0.15, 0.2) is 0 Å². The van der Waals surface area contributed by atoms with E-state index < -0.39 is 0 Å². The quantitative estimate of drug-likeness (QED) is 0.764. The Morgan fingerprint density at radius 3 is 2.74 bits per heavy atom. The number of hydrogen-bond donors (Lipinski definition) is 3. The zero-order valence-electron chi connectivity index (χ0n) is 11.0. The molecular weight excluding hydrogens is 310 g/mol. The summed E-state index contributed by atoms with van der Waals surface area (Å²) in [6.07, 6.45) is 0. The molecule has 5 nitrogen and oxygen atoms in total. The number of rotatable bonds is 5. The van der Waals surface area contributed by atoms with E-state index in [1.807, 2.05) is 25.1 Å².